The van der Waals surface area contributed by atoms with Gasteiger partial charge >= 0.3 is 0 Å². The molecule has 0 aliphatic rings. The third-order valence-electron chi connectivity index (χ3n) is 2.93. The fraction of sp³-hybridized carbons (Fsp3) is 0.125. The molecule has 1 heterocycles. The van der Waals surface area contributed by atoms with Gasteiger partial charge in [-0.3, -0.25) is 0 Å². The Morgan fingerprint density at radius 3 is 2.63 bits per heavy atom. The first kappa shape index (κ1) is 11.7. The monoisotopic (exact) mass is 250 g/mol. The molecule has 0 saturated heterocycles. The molecule has 3 nitrogen and oxygen atoms in total. The number of aryl methyl sites for hydroxylation is 1. The lowest BCUT2D eigenvalue weighted by Gasteiger charge is -2.06. The Balaban J connectivity index is 1.76. The Bertz CT molecular complexity index is 692. The summed E-state index contributed by atoms with van der Waals surface area (Å²) < 4.78 is 5.67. The first-order chi connectivity index (χ1) is 9.31. The average Bonchev–Trinajstić information content (AvgIpc) is 2.46. The van der Waals surface area contributed by atoms with Crippen LogP contribution in [0.3, 0.4) is 0 Å². The van der Waals surface area contributed by atoms with Gasteiger partial charge in [-0.15, -0.1) is 0 Å². The minimum atomic E-state index is 0.383. The highest BCUT2D eigenvalue weighted by Crippen LogP contribution is 2.14. The van der Waals surface area contributed by atoms with Crippen LogP contribution in [0.15, 0.2) is 54.7 Å². The summed E-state index contributed by atoms with van der Waals surface area (Å²) >= 11 is 0. The zero-order chi connectivity index (χ0) is 13.1. The molecule has 19 heavy (non-hydrogen) atoms. The number of benzene rings is 2. The third-order valence-corrected chi connectivity index (χ3v) is 2.93. The van der Waals surface area contributed by atoms with Gasteiger partial charge in [0.15, 0.2) is 5.82 Å². The lowest BCUT2D eigenvalue weighted by Crippen LogP contribution is -2.01. The van der Waals surface area contributed by atoms with Crippen molar-refractivity contribution in [2.45, 2.75) is 13.5 Å². The molecule has 0 spiro atoms. The van der Waals surface area contributed by atoms with E-state index in [2.05, 4.69) is 16.9 Å². The van der Waals surface area contributed by atoms with E-state index in [-0.39, 0.29) is 0 Å². The lowest BCUT2D eigenvalue weighted by atomic mass is 10.2. The molecule has 0 unspecified atom stereocenters. The number of ether oxygens (including phenoxy) is 1. The largest absolute Gasteiger partial charge is 0.486 e. The highest BCUT2D eigenvalue weighted by atomic mass is 16.5. The minimum Gasteiger partial charge on any atom is -0.486 e. The van der Waals surface area contributed by atoms with Gasteiger partial charge in [0.1, 0.15) is 12.4 Å². The molecule has 0 atom stereocenters. The van der Waals surface area contributed by atoms with Crippen molar-refractivity contribution in [3.05, 3.63) is 66.1 Å². The van der Waals surface area contributed by atoms with E-state index in [9.17, 15) is 0 Å². The van der Waals surface area contributed by atoms with E-state index in [4.69, 9.17) is 4.74 Å². The second kappa shape index (κ2) is 5.06. The Morgan fingerprint density at radius 2 is 1.79 bits per heavy atom. The van der Waals surface area contributed by atoms with Crippen molar-refractivity contribution in [3.63, 3.8) is 0 Å². The van der Waals surface area contributed by atoms with Crippen LogP contribution in [0.1, 0.15) is 11.4 Å². The summed E-state index contributed by atoms with van der Waals surface area (Å²) in [5, 5.41) is 1.04. The van der Waals surface area contributed by atoms with Crippen LogP contribution in [0.4, 0.5) is 0 Å². The van der Waals surface area contributed by atoms with Crippen LogP contribution in [0.2, 0.25) is 0 Å². The van der Waals surface area contributed by atoms with Crippen LogP contribution >= 0.6 is 0 Å². The predicted molar refractivity (Wildman–Crippen MR) is 75.0 cm³/mol. The van der Waals surface area contributed by atoms with E-state index in [1.165, 1.54) is 5.56 Å². The van der Waals surface area contributed by atoms with E-state index in [1.807, 2.05) is 54.7 Å². The second-order valence-electron chi connectivity index (χ2n) is 4.45. The standard InChI is InChI=1S/C16H14N2O/c1-12-6-8-14(9-7-12)19-11-16-17-10-13-4-2-3-5-15(13)18-16/h2-10H,11H2,1H3. The van der Waals surface area contributed by atoms with Crippen molar-refractivity contribution in [1.82, 2.24) is 9.97 Å². The maximum atomic E-state index is 5.67. The molecular weight excluding hydrogens is 236 g/mol. The summed E-state index contributed by atoms with van der Waals surface area (Å²) in [7, 11) is 0. The van der Waals surface area contributed by atoms with Gasteiger partial charge in [0, 0.05) is 11.6 Å². The van der Waals surface area contributed by atoms with Gasteiger partial charge in [-0.2, -0.15) is 0 Å². The van der Waals surface area contributed by atoms with Gasteiger partial charge in [0.05, 0.1) is 5.52 Å². The summed E-state index contributed by atoms with van der Waals surface area (Å²) in [6.45, 7) is 2.43. The fourth-order valence-corrected chi connectivity index (χ4v) is 1.86. The molecule has 0 saturated carbocycles. The summed E-state index contributed by atoms with van der Waals surface area (Å²) in [5.74, 6) is 1.53. The zero-order valence-corrected chi connectivity index (χ0v) is 10.7. The van der Waals surface area contributed by atoms with E-state index < -0.39 is 0 Å². The molecule has 3 rings (SSSR count). The lowest BCUT2D eigenvalue weighted by molar-refractivity contribution is 0.296. The highest BCUT2D eigenvalue weighted by molar-refractivity contribution is 5.77. The second-order valence-corrected chi connectivity index (χ2v) is 4.45. The molecule has 0 aliphatic carbocycles. The fourth-order valence-electron chi connectivity index (χ4n) is 1.86. The first-order valence-electron chi connectivity index (χ1n) is 6.21. The van der Waals surface area contributed by atoms with E-state index in [1.54, 1.807) is 0 Å². The molecule has 0 bridgehead atoms. The molecule has 94 valence electrons. The molecular formula is C16H14N2O. The maximum absolute atomic E-state index is 5.67. The summed E-state index contributed by atoms with van der Waals surface area (Å²) in [6, 6.07) is 15.9. The van der Waals surface area contributed by atoms with Crippen molar-refractivity contribution in [2.24, 2.45) is 0 Å². The first-order valence-corrected chi connectivity index (χ1v) is 6.21. The number of hydrogen-bond donors (Lipinski definition) is 0. The van der Waals surface area contributed by atoms with E-state index >= 15 is 0 Å². The van der Waals surface area contributed by atoms with Gasteiger partial charge in [-0.05, 0) is 25.1 Å². The quantitative estimate of drug-likeness (QED) is 0.713. The highest BCUT2D eigenvalue weighted by Gasteiger charge is 2.01. The maximum Gasteiger partial charge on any atom is 0.166 e. The van der Waals surface area contributed by atoms with Crippen molar-refractivity contribution in [1.29, 1.82) is 0 Å². The van der Waals surface area contributed by atoms with Crippen LogP contribution in [0.5, 0.6) is 5.75 Å². The Kier molecular flexibility index (Phi) is 3.11. The minimum absolute atomic E-state index is 0.383. The smallest absolute Gasteiger partial charge is 0.166 e. The van der Waals surface area contributed by atoms with Crippen molar-refractivity contribution < 1.29 is 4.74 Å². The Morgan fingerprint density at radius 1 is 1.00 bits per heavy atom. The Labute approximate surface area is 111 Å². The summed E-state index contributed by atoms with van der Waals surface area (Å²) in [4.78, 5) is 8.78. The molecule has 3 aromatic rings. The molecule has 0 fully saturated rings. The number of hydrogen-bond acceptors (Lipinski definition) is 3. The molecule has 0 amide bonds. The van der Waals surface area contributed by atoms with Crippen LogP contribution in [-0.4, -0.2) is 9.97 Å². The number of aromatic nitrogens is 2. The number of rotatable bonds is 3. The zero-order valence-electron chi connectivity index (χ0n) is 10.7. The molecule has 2 aromatic carbocycles. The van der Waals surface area contributed by atoms with Crippen LogP contribution < -0.4 is 4.74 Å². The van der Waals surface area contributed by atoms with Crippen molar-refractivity contribution in [3.8, 4) is 5.75 Å². The Hall–Kier alpha value is -2.42. The van der Waals surface area contributed by atoms with E-state index in [0.717, 1.165) is 16.7 Å². The van der Waals surface area contributed by atoms with Gasteiger partial charge in [0.25, 0.3) is 0 Å². The van der Waals surface area contributed by atoms with Gasteiger partial charge < -0.3 is 4.74 Å². The number of para-hydroxylation sites is 1. The summed E-state index contributed by atoms with van der Waals surface area (Å²) in [5.41, 5.74) is 2.16. The van der Waals surface area contributed by atoms with Gasteiger partial charge in [0.2, 0.25) is 0 Å². The van der Waals surface area contributed by atoms with E-state index in [0.29, 0.717) is 12.4 Å². The summed E-state index contributed by atoms with van der Waals surface area (Å²) in [6.07, 6.45) is 1.83. The average molecular weight is 250 g/mol. The van der Waals surface area contributed by atoms with Crippen LogP contribution in [0.25, 0.3) is 10.9 Å². The van der Waals surface area contributed by atoms with Crippen LogP contribution in [-0.2, 0) is 6.61 Å². The number of fused-ring (bicyclic) bond motifs is 1. The predicted octanol–water partition coefficient (Wildman–Crippen LogP) is 3.52. The number of nitrogens with zero attached hydrogens (tertiary/aromatic N) is 2. The SMILES string of the molecule is Cc1ccc(OCc2ncc3ccccc3n2)cc1. The van der Waals surface area contributed by atoms with Crippen LogP contribution in [0, 0.1) is 6.92 Å². The third kappa shape index (κ3) is 2.71. The molecule has 1 aromatic heterocycles. The molecule has 0 aliphatic heterocycles. The van der Waals surface area contributed by atoms with Crippen molar-refractivity contribution in [2.75, 3.05) is 0 Å². The van der Waals surface area contributed by atoms with Crippen molar-refractivity contribution >= 4 is 10.9 Å². The van der Waals surface area contributed by atoms with Gasteiger partial charge in [-0.1, -0.05) is 35.9 Å². The topological polar surface area (TPSA) is 35.0 Å². The normalized spacial score (nSPS) is 10.6. The van der Waals surface area contributed by atoms with Gasteiger partial charge in [-0.25, -0.2) is 9.97 Å². The molecule has 0 N–H and O–H groups in total. The molecule has 0 radical (unpaired) electrons. The molecule has 3 heteroatoms.